The molecular formula is C18H22N2O. The number of aromatic nitrogens is 1. The molecule has 0 saturated heterocycles. The molecule has 0 bridgehead atoms. The molecule has 0 amide bonds. The predicted molar refractivity (Wildman–Crippen MR) is 84.8 cm³/mol. The fourth-order valence-electron chi connectivity index (χ4n) is 2.44. The molecule has 1 heterocycles. The number of aryl methyl sites for hydroxylation is 3. The first kappa shape index (κ1) is 14.1. The van der Waals surface area contributed by atoms with Gasteiger partial charge in [0.15, 0.2) is 0 Å². The number of ether oxygens (including phenoxy) is 1. The van der Waals surface area contributed by atoms with Crippen molar-refractivity contribution in [1.82, 2.24) is 10.3 Å². The Morgan fingerprint density at radius 1 is 1.14 bits per heavy atom. The fraction of sp³-hybridized carbons (Fsp3) is 0.389. The van der Waals surface area contributed by atoms with E-state index in [1.165, 1.54) is 18.4 Å². The van der Waals surface area contributed by atoms with Gasteiger partial charge in [-0.3, -0.25) is 0 Å². The maximum absolute atomic E-state index is 6.10. The van der Waals surface area contributed by atoms with Gasteiger partial charge in [0.1, 0.15) is 5.75 Å². The highest BCUT2D eigenvalue weighted by atomic mass is 16.5. The highest BCUT2D eigenvalue weighted by Crippen LogP contribution is 2.29. The van der Waals surface area contributed by atoms with Crippen LogP contribution < -0.4 is 10.1 Å². The molecule has 1 aliphatic carbocycles. The van der Waals surface area contributed by atoms with Crippen LogP contribution in [0.3, 0.4) is 0 Å². The van der Waals surface area contributed by atoms with Gasteiger partial charge in [0.05, 0.1) is 0 Å². The van der Waals surface area contributed by atoms with Crippen molar-refractivity contribution in [2.45, 2.75) is 46.2 Å². The third-order valence-electron chi connectivity index (χ3n) is 3.88. The van der Waals surface area contributed by atoms with E-state index < -0.39 is 0 Å². The van der Waals surface area contributed by atoms with Crippen molar-refractivity contribution in [3.8, 4) is 11.6 Å². The number of rotatable bonds is 5. The van der Waals surface area contributed by atoms with E-state index in [4.69, 9.17) is 4.74 Å². The third-order valence-corrected chi connectivity index (χ3v) is 3.88. The first-order valence-corrected chi connectivity index (χ1v) is 7.57. The smallest absolute Gasteiger partial charge is 0.224 e. The number of hydrogen-bond acceptors (Lipinski definition) is 3. The highest BCUT2D eigenvalue weighted by Gasteiger charge is 2.21. The van der Waals surface area contributed by atoms with E-state index in [1.54, 1.807) is 0 Å². The molecule has 1 aromatic heterocycles. The molecular weight excluding hydrogens is 260 g/mol. The summed E-state index contributed by atoms with van der Waals surface area (Å²) in [6.45, 7) is 7.02. The Morgan fingerprint density at radius 2 is 1.90 bits per heavy atom. The van der Waals surface area contributed by atoms with Gasteiger partial charge in [-0.2, -0.15) is 0 Å². The molecule has 3 rings (SSSR count). The number of pyridine rings is 1. The summed E-state index contributed by atoms with van der Waals surface area (Å²) < 4.78 is 6.10. The molecule has 0 radical (unpaired) electrons. The van der Waals surface area contributed by atoms with Gasteiger partial charge >= 0.3 is 0 Å². The molecule has 3 nitrogen and oxygen atoms in total. The molecule has 110 valence electrons. The molecule has 1 aliphatic rings. The molecule has 3 heteroatoms. The lowest BCUT2D eigenvalue weighted by molar-refractivity contribution is 0.447. The average Bonchev–Trinajstić information content (AvgIpc) is 3.24. The summed E-state index contributed by atoms with van der Waals surface area (Å²) in [6, 6.07) is 10.9. The minimum Gasteiger partial charge on any atom is -0.438 e. The monoisotopic (exact) mass is 282 g/mol. The van der Waals surface area contributed by atoms with Gasteiger partial charge in [-0.25, -0.2) is 4.98 Å². The van der Waals surface area contributed by atoms with Gasteiger partial charge in [0.2, 0.25) is 5.88 Å². The Labute approximate surface area is 126 Å². The third kappa shape index (κ3) is 3.42. The summed E-state index contributed by atoms with van der Waals surface area (Å²) in [4.78, 5) is 4.61. The summed E-state index contributed by atoms with van der Waals surface area (Å²) in [5.74, 6) is 1.61. The summed E-state index contributed by atoms with van der Waals surface area (Å²) in [5.41, 5.74) is 4.51. The van der Waals surface area contributed by atoms with Gasteiger partial charge < -0.3 is 10.1 Å². The Bertz CT molecular complexity index is 648. The van der Waals surface area contributed by atoms with Gasteiger partial charge in [-0.15, -0.1) is 0 Å². The zero-order valence-corrected chi connectivity index (χ0v) is 12.9. The molecule has 2 aromatic rings. The van der Waals surface area contributed by atoms with Crippen molar-refractivity contribution in [3.63, 3.8) is 0 Å². The zero-order chi connectivity index (χ0) is 14.8. The molecule has 1 fully saturated rings. The van der Waals surface area contributed by atoms with Crippen molar-refractivity contribution in [2.75, 3.05) is 0 Å². The normalized spacial score (nSPS) is 14.2. The Kier molecular flexibility index (Phi) is 3.93. The Hall–Kier alpha value is -1.87. The van der Waals surface area contributed by atoms with Crippen LogP contribution >= 0.6 is 0 Å². The second-order valence-corrected chi connectivity index (χ2v) is 5.89. The topological polar surface area (TPSA) is 34.1 Å². The largest absolute Gasteiger partial charge is 0.438 e. The van der Waals surface area contributed by atoms with Crippen LogP contribution in [0.1, 0.15) is 35.2 Å². The van der Waals surface area contributed by atoms with Gasteiger partial charge in [0, 0.05) is 23.8 Å². The first-order chi connectivity index (χ1) is 10.1. The van der Waals surface area contributed by atoms with Crippen molar-refractivity contribution in [2.24, 2.45) is 0 Å². The summed E-state index contributed by atoms with van der Waals surface area (Å²) in [7, 11) is 0. The van der Waals surface area contributed by atoms with Crippen LogP contribution in [0, 0.1) is 20.8 Å². The fourth-order valence-corrected chi connectivity index (χ4v) is 2.44. The number of para-hydroxylation sites is 1. The number of nitrogens with zero attached hydrogens (tertiary/aromatic N) is 1. The maximum atomic E-state index is 6.10. The summed E-state index contributed by atoms with van der Waals surface area (Å²) in [6.07, 6.45) is 2.57. The lowest BCUT2D eigenvalue weighted by Crippen LogP contribution is -2.17. The standard InChI is InChI=1S/C18H22N2O/c1-12-6-4-5-7-17(12)21-18-16(11-19-15-8-9-15)13(2)10-14(3)20-18/h4-7,10,15,19H,8-9,11H2,1-3H3. The van der Waals surface area contributed by atoms with Crippen LogP contribution in [0.15, 0.2) is 30.3 Å². The Balaban J connectivity index is 1.89. The van der Waals surface area contributed by atoms with Crippen LogP contribution in [0.2, 0.25) is 0 Å². The quantitative estimate of drug-likeness (QED) is 0.898. The molecule has 1 N–H and O–H groups in total. The van der Waals surface area contributed by atoms with E-state index >= 15 is 0 Å². The molecule has 0 atom stereocenters. The van der Waals surface area contributed by atoms with E-state index in [9.17, 15) is 0 Å². The van der Waals surface area contributed by atoms with Gasteiger partial charge in [-0.05, 0) is 56.9 Å². The SMILES string of the molecule is Cc1cc(C)c(CNC2CC2)c(Oc2ccccc2C)n1. The van der Waals surface area contributed by atoms with E-state index in [-0.39, 0.29) is 0 Å². The second-order valence-electron chi connectivity index (χ2n) is 5.89. The van der Waals surface area contributed by atoms with Crippen LogP contribution in [0.5, 0.6) is 11.6 Å². The number of benzene rings is 1. The highest BCUT2D eigenvalue weighted by molar-refractivity contribution is 5.41. The van der Waals surface area contributed by atoms with E-state index in [2.05, 4.69) is 36.3 Å². The predicted octanol–water partition coefficient (Wildman–Crippen LogP) is 4.05. The molecule has 0 unspecified atom stereocenters. The van der Waals surface area contributed by atoms with Gasteiger partial charge in [0.25, 0.3) is 0 Å². The molecule has 1 aromatic carbocycles. The van der Waals surface area contributed by atoms with Crippen LogP contribution in [0.4, 0.5) is 0 Å². The van der Waals surface area contributed by atoms with Crippen molar-refractivity contribution in [1.29, 1.82) is 0 Å². The molecule has 21 heavy (non-hydrogen) atoms. The van der Waals surface area contributed by atoms with Crippen molar-refractivity contribution >= 4 is 0 Å². The first-order valence-electron chi connectivity index (χ1n) is 7.57. The van der Waals surface area contributed by atoms with Crippen molar-refractivity contribution in [3.05, 3.63) is 52.7 Å². The van der Waals surface area contributed by atoms with Crippen LogP contribution in [0.25, 0.3) is 0 Å². The second kappa shape index (κ2) is 5.86. The van der Waals surface area contributed by atoms with Gasteiger partial charge in [-0.1, -0.05) is 18.2 Å². The maximum Gasteiger partial charge on any atom is 0.224 e. The molecule has 0 spiro atoms. The van der Waals surface area contributed by atoms with E-state index in [0.29, 0.717) is 6.04 Å². The lowest BCUT2D eigenvalue weighted by Gasteiger charge is -2.15. The van der Waals surface area contributed by atoms with Crippen LogP contribution in [-0.2, 0) is 6.54 Å². The average molecular weight is 282 g/mol. The van der Waals surface area contributed by atoms with Crippen molar-refractivity contribution < 1.29 is 4.74 Å². The minimum atomic E-state index is 0.678. The number of nitrogens with one attached hydrogen (secondary N) is 1. The van der Waals surface area contributed by atoms with Crippen LogP contribution in [-0.4, -0.2) is 11.0 Å². The zero-order valence-electron chi connectivity index (χ0n) is 12.9. The Morgan fingerprint density at radius 3 is 2.62 bits per heavy atom. The molecule has 1 saturated carbocycles. The minimum absolute atomic E-state index is 0.678. The lowest BCUT2D eigenvalue weighted by atomic mass is 10.1. The van der Waals surface area contributed by atoms with E-state index in [0.717, 1.165) is 35.0 Å². The number of hydrogen-bond donors (Lipinski definition) is 1. The summed E-state index contributed by atoms with van der Waals surface area (Å²) in [5, 5.41) is 3.55. The molecule has 0 aliphatic heterocycles. The van der Waals surface area contributed by atoms with E-state index in [1.807, 2.05) is 25.1 Å². The summed E-state index contributed by atoms with van der Waals surface area (Å²) >= 11 is 0.